The Morgan fingerprint density at radius 2 is 1.62 bits per heavy atom. The Labute approximate surface area is 195 Å². The van der Waals surface area contributed by atoms with Crippen molar-refractivity contribution in [3.05, 3.63) is 33.1 Å². The van der Waals surface area contributed by atoms with E-state index in [2.05, 4.69) is 0 Å². The van der Waals surface area contributed by atoms with Gasteiger partial charge in [-0.15, -0.1) is 0 Å². The predicted molar refractivity (Wildman–Crippen MR) is 115 cm³/mol. The lowest BCUT2D eigenvalue weighted by Crippen LogP contribution is -2.53. The number of nitriles is 1. The fourth-order valence-electron chi connectivity index (χ4n) is 3.07. The van der Waals surface area contributed by atoms with Crippen LogP contribution >= 0.6 is 0 Å². The Bertz CT molecular complexity index is 1080. The maximum atomic E-state index is 12.6. The van der Waals surface area contributed by atoms with E-state index in [0.717, 1.165) is 16.8 Å². The maximum absolute atomic E-state index is 12.6. The fraction of sp³-hybridized carbons (Fsp3) is 0.636. The van der Waals surface area contributed by atoms with Gasteiger partial charge in [-0.25, -0.2) is 4.79 Å². The number of hydrogen-bond acceptors (Lipinski definition) is 10. The SMILES string of the molecule is CC(C)C(=O)OC[C@H]1O[C@@](C#N)(n2ccc(=O)[nH]c2=O)C(OC(=O)C(C)C)C1OC(=O)C(C)C. The van der Waals surface area contributed by atoms with Crippen molar-refractivity contribution in [2.75, 3.05) is 6.61 Å². The molecule has 0 aliphatic carbocycles. The van der Waals surface area contributed by atoms with Gasteiger partial charge in [0.15, 0.2) is 6.10 Å². The molecule has 1 fully saturated rings. The number of nitrogens with zero attached hydrogens (tertiary/aromatic N) is 2. The smallest absolute Gasteiger partial charge is 0.331 e. The second-order valence-electron chi connectivity index (χ2n) is 8.80. The van der Waals surface area contributed by atoms with Crippen LogP contribution in [0.1, 0.15) is 41.5 Å². The molecule has 1 aromatic heterocycles. The lowest BCUT2D eigenvalue weighted by Gasteiger charge is -2.30. The average molecular weight is 479 g/mol. The lowest BCUT2D eigenvalue weighted by atomic mass is 10.0. The van der Waals surface area contributed by atoms with Gasteiger partial charge in [0.25, 0.3) is 11.3 Å². The Morgan fingerprint density at radius 3 is 2.12 bits per heavy atom. The van der Waals surface area contributed by atoms with Crippen LogP contribution in [0.15, 0.2) is 21.9 Å². The summed E-state index contributed by atoms with van der Waals surface area (Å²) in [7, 11) is 0. The quantitative estimate of drug-likeness (QED) is 0.408. The minimum atomic E-state index is -2.33. The van der Waals surface area contributed by atoms with Gasteiger partial charge in [-0.3, -0.25) is 28.7 Å². The standard InChI is InChI=1S/C22H29N3O9/c1-11(2)18(27)31-9-14-16(32-19(28)12(3)4)17(33-20(29)13(5)6)22(10-23,34-14)25-8-7-15(26)24-21(25)30/h7-8,11-14,16-17H,9H2,1-6H3,(H,24,26,30)/t14-,16?,17?,22-/m1/s1. The van der Waals surface area contributed by atoms with Crippen molar-refractivity contribution in [3.63, 3.8) is 0 Å². The van der Waals surface area contributed by atoms with Crippen LogP contribution in [0, 0.1) is 29.1 Å². The summed E-state index contributed by atoms with van der Waals surface area (Å²) >= 11 is 0. The number of esters is 3. The third-order valence-electron chi connectivity index (χ3n) is 5.02. The van der Waals surface area contributed by atoms with Gasteiger partial charge < -0.3 is 18.9 Å². The molecule has 0 radical (unpaired) electrons. The summed E-state index contributed by atoms with van der Waals surface area (Å²) in [5, 5.41) is 10.2. The van der Waals surface area contributed by atoms with E-state index in [4.69, 9.17) is 18.9 Å². The molecule has 12 heteroatoms. The number of hydrogen-bond donors (Lipinski definition) is 1. The van der Waals surface area contributed by atoms with Crippen LogP contribution in [-0.2, 0) is 39.1 Å². The number of ether oxygens (including phenoxy) is 4. The van der Waals surface area contributed by atoms with Crippen LogP contribution in [0.4, 0.5) is 0 Å². The van der Waals surface area contributed by atoms with Crippen molar-refractivity contribution >= 4 is 17.9 Å². The first-order chi connectivity index (χ1) is 15.8. The minimum absolute atomic E-state index is 0.454. The molecule has 4 atom stereocenters. The Balaban J connectivity index is 2.65. The number of carbonyl (C=O) groups is 3. The van der Waals surface area contributed by atoms with Gasteiger partial charge in [-0.2, -0.15) is 5.26 Å². The molecule has 2 heterocycles. The van der Waals surface area contributed by atoms with E-state index in [1.54, 1.807) is 41.5 Å². The number of carbonyl (C=O) groups excluding carboxylic acids is 3. The van der Waals surface area contributed by atoms with Gasteiger partial charge in [0.1, 0.15) is 18.8 Å². The molecule has 0 aromatic carbocycles. The molecular formula is C22H29N3O9. The highest BCUT2D eigenvalue weighted by Crippen LogP contribution is 2.39. The summed E-state index contributed by atoms with van der Waals surface area (Å²) in [6.45, 7) is 9.02. The van der Waals surface area contributed by atoms with E-state index in [-0.39, 0.29) is 0 Å². The van der Waals surface area contributed by atoms with Crippen LogP contribution in [0.2, 0.25) is 0 Å². The Morgan fingerprint density at radius 1 is 1.06 bits per heavy atom. The molecule has 1 aliphatic rings. The summed E-state index contributed by atoms with van der Waals surface area (Å²) < 4.78 is 22.9. The van der Waals surface area contributed by atoms with Gasteiger partial charge in [0.05, 0.1) is 17.8 Å². The molecule has 0 amide bonds. The molecule has 2 rings (SSSR count). The zero-order chi connectivity index (χ0) is 25.8. The van der Waals surface area contributed by atoms with Gasteiger partial charge in [0.2, 0.25) is 6.10 Å². The van der Waals surface area contributed by atoms with Gasteiger partial charge in [-0.05, 0) is 0 Å². The molecule has 186 valence electrons. The summed E-state index contributed by atoms with van der Waals surface area (Å²) in [6, 6.07) is 2.81. The molecular weight excluding hydrogens is 450 g/mol. The third-order valence-corrected chi connectivity index (χ3v) is 5.02. The van der Waals surface area contributed by atoms with E-state index in [0.29, 0.717) is 0 Å². The molecule has 34 heavy (non-hydrogen) atoms. The lowest BCUT2D eigenvalue weighted by molar-refractivity contribution is -0.177. The zero-order valence-electron chi connectivity index (χ0n) is 19.9. The number of aromatic amines is 1. The van der Waals surface area contributed by atoms with Gasteiger partial charge in [0, 0.05) is 12.3 Å². The molecule has 1 aliphatic heterocycles. The molecule has 2 unspecified atom stereocenters. The Kier molecular flexibility index (Phi) is 8.39. The van der Waals surface area contributed by atoms with Crippen LogP contribution < -0.4 is 11.2 Å². The average Bonchev–Trinajstić information content (AvgIpc) is 3.04. The monoisotopic (exact) mass is 479 g/mol. The summed E-state index contributed by atoms with van der Waals surface area (Å²) in [4.78, 5) is 63.3. The number of nitrogens with one attached hydrogen (secondary N) is 1. The fourth-order valence-corrected chi connectivity index (χ4v) is 3.07. The van der Waals surface area contributed by atoms with Crippen molar-refractivity contribution < 1.29 is 33.3 Å². The third kappa shape index (κ3) is 5.53. The van der Waals surface area contributed by atoms with Crippen LogP contribution in [0.3, 0.4) is 0 Å². The first-order valence-electron chi connectivity index (χ1n) is 10.8. The molecule has 0 spiro atoms. The van der Waals surface area contributed by atoms with E-state index < -0.39 is 77.6 Å². The van der Waals surface area contributed by atoms with Crippen LogP contribution in [0.5, 0.6) is 0 Å². The first kappa shape index (κ1) is 26.8. The van der Waals surface area contributed by atoms with Crippen molar-refractivity contribution in [3.8, 4) is 6.07 Å². The topological polar surface area (TPSA) is 167 Å². The molecule has 1 saturated heterocycles. The van der Waals surface area contributed by atoms with Crippen molar-refractivity contribution in [1.29, 1.82) is 5.26 Å². The van der Waals surface area contributed by atoms with Gasteiger partial charge >= 0.3 is 23.6 Å². The van der Waals surface area contributed by atoms with E-state index in [1.807, 2.05) is 11.1 Å². The molecule has 0 bridgehead atoms. The second-order valence-corrected chi connectivity index (χ2v) is 8.80. The molecule has 12 nitrogen and oxygen atoms in total. The largest absolute Gasteiger partial charge is 0.463 e. The van der Waals surface area contributed by atoms with Crippen molar-refractivity contribution in [1.82, 2.24) is 9.55 Å². The summed E-state index contributed by atoms with van der Waals surface area (Å²) in [5.74, 6) is -3.73. The molecule has 1 aromatic rings. The van der Waals surface area contributed by atoms with E-state index in [9.17, 15) is 29.2 Å². The number of aromatic nitrogens is 2. The van der Waals surface area contributed by atoms with Gasteiger partial charge in [-0.1, -0.05) is 41.5 Å². The number of rotatable bonds is 8. The van der Waals surface area contributed by atoms with E-state index >= 15 is 0 Å². The summed E-state index contributed by atoms with van der Waals surface area (Å²) in [5.41, 5.74) is -4.08. The minimum Gasteiger partial charge on any atom is -0.463 e. The zero-order valence-corrected chi connectivity index (χ0v) is 19.9. The van der Waals surface area contributed by atoms with Crippen molar-refractivity contribution in [2.45, 2.75) is 65.6 Å². The molecule has 0 saturated carbocycles. The number of H-pyrrole nitrogens is 1. The first-order valence-corrected chi connectivity index (χ1v) is 10.8. The second kappa shape index (κ2) is 10.6. The normalized spacial score (nSPS) is 24.2. The van der Waals surface area contributed by atoms with Crippen molar-refractivity contribution in [2.24, 2.45) is 17.8 Å². The highest BCUT2D eigenvalue weighted by atomic mass is 16.7. The Hall–Kier alpha value is -3.46. The predicted octanol–water partition coefficient (Wildman–Crippen LogP) is 0.447. The highest BCUT2D eigenvalue weighted by molar-refractivity contribution is 5.73. The van der Waals surface area contributed by atoms with Crippen LogP contribution in [0.25, 0.3) is 0 Å². The van der Waals surface area contributed by atoms with E-state index in [1.165, 1.54) is 0 Å². The maximum Gasteiger partial charge on any atom is 0.331 e. The van der Waals surface area contributed by atoms with Crippen LogP contribution in [-0.4, -0.2) is 52.4 Å². The molecule has 1 N–H and O–H groups in total. The summed E-state index contributed by atoms with van der Waals surface area (Å²) in [6.07, 6.45) is -3.30. The highest BCUT2D eigenvalue weighted by Gasteiger charge is 2.62.